The molecule has 2 rings (SSSR count). The van der Waals surface area contributed by atoms with Crippen molar-refractivity contribution >= 4 is 11.0 Å². The van der Waals surface area contributed by atoms with Crippen molar-refractivity contribution < 1.29 is 0 Å². The number of benzene rings is 1. The number of terminal acetylenes is 6. The van der Waals surface area contributed by atoms with E-state index in [1.165, 1.54) is 0 Å². The smallest absolute Gasteiger partial charge is 0.148 e. The zero-order valence-electron chi connectivity index (χ0n) is 11.4. The molecule has 0 saturated heterocycles. The van der Waals surface area contributed by atoms with E-state index in [-0.39, 0.29) is 11.4 Å². The minimum atomic E-state index is 0.186. The first-order valence-electron chi connectivity index (χ1n) is 5.88. The average Bonchev–Trinajstić information content (AvgIpc) is 2.57. The van der Waals surface area contributed by atoms with E-state index in [2.05, 4.69) is 45.5 Å². The van der Waals surface area contributed by atoms with Gasteiger partial charge in [0, 0.05) is 0 Å². The van der Waals surface area contributed by atoms with Gasteiger partial charge < -0.3 is 0 Å². The summed E-state index contributed by atoms with van der Waals surface area (Å²) in [6.45, 7) is 0. The van der Waals surface area contributed by atoms with E-state index in [0.29, 0.717) is 33.3 Å². The van der Waals surface area contributed by atoms with Gasteiger partial charge in [-0.05, 0) is 11.8 Å². The van der Waals surface area contributed by atoms with Gasteiger partial charge >= 0.3 is 0 Å². The van der Waals surface area contributed by atoms with E-state index in [9.17, 15) is 0 Å². The summed E-state index contributed by atoms with van der Waals surface area (Å²) in [5.41, 5.74) is 2.27. The molecule has 1 heterocycles. The average molecular weight is 274 g/mol. The number of nitrogens with zero attached hydrogens (tertiary/aromatic N) is 2. The van der Waals surface area contributed by atoms with E-state index in [1.807, 2.05) is 0 Å². The molecule has 0 aliphatic rings. The highest BCUT2D eigenvalue weighted by Crippen LogP contribution is 2.27. The second-order valence-corrected chi connectivity index (χ2v) is 3.98. The van der Waals surface area contributed by atoms with Crippen molar-refractivity contribution in [2.75, 3.05) is 0 Å². The predicted octanol–water partition coefficient (Wildman–Crippen LogP) is 1.52. The first-order chi connectivity index (χ1) is 10.7. The number of aromatic nitrogens is 2. The minimum absolute atomic E-state index is 0.186. The Morgan fingerprint density at radius 3 is 1.00 bits per heavy atom. The predicted molar refractivity (Wildman–Crippen MR) is 87.1 cm³/mol. The molecule has 0 radical (unpaired) electrons. The summed E-state index contributed by atoms with van der Waals surface area (Å²) >= 11 is 0. The summed E-state index contributed by atoms with van der Waals surface area (Å²) in [6.07, 6.45) is 32.9. The van der Waals surface area contributed by atoms with Gasteiger partial charge in [-0.3, -0.25) is 0 Å². The Balaban J connectivity index is 3.27. The summed E-state index contributed by atoms with van der Waals surface area (Å²) in [7, 11) is 0. The fourth-order valence-corrected chi connectivity index (χ4v) is 2.04. The van der Waals surface area contributed by atoms with E-state index >= 15 is 0 Å². The molecule has 0 N–H and O–H groups in total. The molecule has 2 heteroatoms. The summed E-state index contributed by atoms with van der Waals surface area (Å²) in [4.78, 5) is 8.57. The highest BCUT2D eigenvalue weighted by Gasteiger charge is 2.19. The van der Waals surface area contributed by atoms with Gasteiger partial charge in [-0.15, -0.1) is 38.5 Å². The van der Waals surface area contributed by atoms with Gasteiger partial charge in [0.05, 0.1) is 22.3 Å². The van der Waals surface area contributed by atoms with Crippen LogP contribution in [-0.4, -0.2) is 9.97 Å². The van der Waals surface area contributed by atoms with Crippen molar-refractivity contribution in [2.24, 2.45) is 0 Å². The monoisotopic (exact) mass is 274 g/mol. The van der Waals surface area contributed by atoms with E-state index in [0.717, 1.165) is 0 Å². The lowest BCUT2D eigenvalue weighted by Gasteiger charge is -2.10. The van der Waals surface area contributed by atoms with Gasteiger partial charge in [0.25, 0.3) is 0 Å². The van der Waals surface area contributed by atoms with E-state index in [1.54, 1.807) is 0 Å². The Kier molecular flexibility index (Phi) is 3.58. The molecule has 96 valence electrons. The molecular weight excluding hydrogens is 268 g/mol. The third-order valence-electron chi connectivity index (χ3n) is 2.97. The van der Waals surface area contributed by atoms with Crippen molar-refractivity contribution in [3.8, 4) is 74.1 Å². The summed E-state index contributed by atoms with van der Waals surface area (Å²) < 4.78 is 0. The zero-order valence-corrected chi connectivity index (χ0v) is 11.4. The third kappa shape index (κ3) is 1.84. The molecule has 0 unspecified atom stereocenters. The van der Waals surface area contributed by atoms with Crippen molar-refractivity contribution in [1.82, 2.24) is 9.97 Å². The molecule has 2 nitrogen and oxygen atoms in total. The fraction of sp³-hybridized carbons (Fsp3) is 0. The number of fused-ring (bicyclic) bond motifs is 1. The van der Waals surface area contributed by atoms with Gasteiger partial charge in [0.1, 0.15) is 22.4 Å². The lowest BCUT2D eigenvalue weighted by molar-refractivity contribution is 1.22. The third-order valence-corrected chi connectivity index (χ3v) is 2.97. The molecule has 0 fully saturated rings. The molecule has 0 amide bonds. The molecule has 0 aliphatic carbocycles. The Bertz CT molecular complexity index is 985. The van der Waals surface area contributed by atoms with Crippen LogP contribution in [0, 0.1) is 74.1 Å². The Labute approximate surface area is 129 Å². The van der Waals surface area contributed by atoms with Crippen LogP contribution >= 0.6 is 0 Å². The Morgan fingerprint density at radius 2 is 0.773 bits per heavy atom. The van der Waals surface area contributed by atoms with Gasteiger partial charge in [0.15, 0.2) is 0 Å². The molecule has 2 aromatic rings. The number of hydrogen-bond donors (Lipinski definition) is 0. The lowest BCUT2D eigenvalue weighted by Crippen LogP contribution is -2.04. The van der Waals surface area contributed by atoms with Crippen LogP contribution in [0.3, 0.4) is 0 Å². The second-order valence-electron chi connectivity index (χ2n) is 3.98. The first kappa shape index (κ1) is 14.3. The molecule has 22 heavy (non-hydrogen) atoms. The van der Waals surface area contributed by atoms with Crippen LogP contribution in [0.1, 0.15) is 33.6 Å². The van der Waals surface area contributed by atoms with E-state index in [4.69, 9.17) is 38.5 Å². The zero-order chi connectivity index (χ0) is 16.3. The molecule has 0 atom stereocenters. The maximum Gasteiger partial charge on any atom is 0.148 e. The molecule has 0 aliphatic heterocycles. The number of rotatable bonds is 0. The standard InChI is InChI=1S/C20H6N2/c1-7-13-14(8-2)16(10-4)20-19(15(13)9-3)21-17(11-5)18(12-6)22-20/h1-6H. The SMILES string of the molecule is C#Cc1nc2c(C#C)c(C#C)c(C#C)c(C#C)c2nc1C#C. The lowest BCUT2D eigenvalue weighted by atomic mass is 9.94. The molecule has 1 aromatic heterocycles. The van der Waals surface area contributed by atoms with Crippen LogP contribution in [0.15, 0.2) is 0 Å². The Hall–Kier alpha value is -4.08. The highest BCUT2D eigenvalue weighted by molar-refractivity contribution is 5.93. The van der Waals surface area contributed by atoms with Crippen LogP contribution in [0.2, 0.25) is 0 Å². The molecular formula is C20H6N2. The van der Waals surface area contributed by atoms with Gasteiger partial charge in [-0.2, -0.15) is 0 Å². The van der Waals surface area contributed by atoms with Crippen molar-refractivity contribution in [2.45, 2.75) is 0 Å². The second kappa shape index (κ2) is 5.50. The number of hydrogen-bond acceptors (Lipinski definition) is 2. The molecule has 1 aromatic carbocycles. The summed E-state index contributed by atoms with van der Waals surface area (Å²) in [6, 6.07) is 0. The topological polar surface area (TPSA) is 25.8 Å². The van der Waals surface area contributed by atoms with Crippen molar-refractivity contribution in [3.05, 3.63) is 33.6 Å². The van der Waals surface area contributed by atoms with Crippen LogP contribution < -0.4 is 0 Å². The van der Waals surface area contributed by atoms with E-state index < -0.39 is 0 Å². The van der Waals surface area contributed by atoms with Crippen molar-refractivity contribution in [3.63, 3.8) is 0 Å². The van der Waals surface area contributed by atoms with Gasteiger partial charge in [-0.25, -0.2) is 9.97 Å². The molecule has 0 bridgehead atoms. The van der Waals surface area contributed by atoms with Crippen LogP contribution in [0.5, 0.6) is 0 Å². The van der Waals surface area contributed by atoms with Gasteiger partial charge in [-0.1, -0.05) is 23.7 Å². The van der Waals surface area contributed by atoms with Crippen molar-refractivity contribution in [1.29, 1.82) is 0 Å². The quantitative estimate of drug-likeness (QED) is 0.681. The molecule has 0 saturated carbocycles. The highest BCUT2D eigenvalue weighted by atomic mass is 14.8. The summed E-state index contributed by atoms with van der Waals surface area (Å²) in [5, 5.41) is 0. The van der Waals surface area contributed by atoms with Gasteiger partial charge in [0.2, 0.25) is 0 Å². The normalized spacial score (nSPS) is 8.64. The largest absolute Gasteiger partial charge is 0.233 e. The minimum Gasteiger partial charge on any atom is -0.233 e. The maximum absolute atomic E-state index is 5.54. The fourth-order valence-electron chi connectivity index (χ4n) is 2.04. The molecule has 0 spiro atoms. The van der Waals surface area contributed by atoms with Crippen LogP contribution in [-0.2, 0) is 0 Å². The first-order valence-corrected chi connectivity index (χ1v) is 5.88. The van der Waals surface area contributed by atoms with Crippen LogP contribution in [0.25, 0.3) is 11.0 Å². The summed E-state index contributed by atoms with van der Waals surface area (Å²) in [5.74, 6) is 14.6. The van der Waals surface area contributed by atoms with Crippen LogP contribution in [0.4, 0.5) is 0 Å². The maximum atomic E-state index is 5.54. The Morgan fingerprint density at radius 1 is 0.455 bits per heavy atom.